The lowest BCUT2D eigenvalue weighted by atomic mass is 10.1. The third-order valence-electron chi connectivity index (χ3n) is 2.46. The number of hydrogen-bond acceptors (Lipinski definition) is 4. The van der Waals surface area contributed by atoms with Crippen LogP contribution in [0, 0.1) is 21.4 Å². The molecule has 0 aliphatic heterocycles. The van der Waals surface area contributed by atoms with Gasteiger partial charge in [0.1, 0.15) is 10.5 Å². The van der Waals surface area contributed by atoms with E-state index in [1.165, 1.54) is 18.2 Å². The number of halogens is 1. The fourth-order valence-corrected chi connectivity index (χ4v) is 2.12. The third-order valence-corrected chi connectivity index (χ3v) is 3.29. The lowest BCUT2D eigenvalue weighted by Crippen LogP contribution is -2.33. The molecule has 1 N–H and O–H groups in total. The van der Waals surface area contributed by atoms with E-state index < -0.39 is 16.9 Å². The number of carbonyl (C=O) groups is 1. The van der Waals surface area contributed by atoms with E-state index in [2.05, 4.69) is 21.2 Å². The van der Waals surface area contributed by atoms with Gasteiger partial charge in [0.25, 0.3) is 11.6 Å². The van der Waals surface area contributed by atoms with Crippen LogP contribution in [0.1, 0.15) is 30.1 Å². The van der Waals surface area contributed by atoms with Gasteiger partial charge in [0, 0.05) is 6.07 Å². The van der Waals surface area contributed by atoms with Crippen molar-refractivity contribution in [3.05, 3.63) is 38.3 Å². The van der Waals surface area contributed by atoms with Crippen molar-refractivity contribution < 1.29 is 9.72 Å². The first-order valence-electron chi connectivity index (χ1n) is 5.64. The first-order chi connectivity index (χ1) is 9.01. The Morgan fingerprint density at radius 2 is 2.32 bits per heavy atom. The normalized spacial score (nSPS) is 11.4. The highest BCUT2D eigenvalue weighted by Gasteiger charge is 2.21. The molecule has 0 aliphatic rings. The highest BCUT2D eigenvalue weighted by atomic mass is 79.9. The second kappa shape index (κ2) is 6.85. The van der Waals surface area contributed by atoms with Gasteiger partial charge in [-0.2, -0.15) is 5.26 Å². The summed E-state index contributed by atoms with van der Waals surface area (Å²) in [6.07, 6.45) is 1.30. The summed E-state index contributed by atoms with van der Waals surface area (Å²) >= 11 is 3.05. The minimum atomic E-state index is -0.594. The van der Waals surface area contributed by atoms with Crippen LogP contribution < -0.4 is 5.32 Å². The van der Waals surface area contributed by atoms with Gasteiger partial charge in [-0.1, -0.05) is 19.4 Å². The van der Waals surface area contributed by atoms with Gasteiger partial charge in [0.2, 0.25) is 0 Å². The minimum absolute atomic E-state index is 0.116. The Bertz CT molecular complexity index is 540. The van der Waals surface area contributed by atoms with E-state index >= 15 is 0 Å². The standard InChI is InChI=1S/C12H12BrN3O3/c1-2-4-8(7-14)15-12(17)9-5-3-6-10(11(9)13)16(18)19/h3,5-6,8H,2,4H2,1H3,(H,15,17). The molecule has 0 spiro atoms. The second-order valence-corrected chi connectivity index (χ2v) is 4.63. The average Bonchev–Trinajstić information content (AvgIpc) is 2.37. The van der Waals surface area contributed by atoms with Crippen molar-refractivity contribution in [1.29, 1.82) is 5.26 Å². The summed E-state index contributed by atoms with van der Waals surface area (Å²) < 4.78 is 0.116. The Kier molecular flexibility index (Phi) is 5.45. The third kappa shape index (κ3) is 3.76. The van der Waals surface area contributed by atoms with E-state index in [1.54, 1.807) is 0 Å². The maximum atomic E-state index is 12.0. The largest absolute Gasteiger partial charge is 0.336 e. The van der Waals surface area contributed by atoms with Crippen LogP contribution in [0.4, 0.5) is 5.69 Å². The molecule has 0 aromatic heterocycles. The maximum absolute atomic E-state index is 12.0. The first kappa shape index (κ1) is 15.1. The zero-order chi connectivity index (χ0) is 14.4. The van der Waals surface area contributed by atoms with Crippen molar-refractivity contribution in [2.24, 2.45) is 0 Å². The number of nitriles is 1. The van der Waals surface area contributed by atoms with Gasteiger partial charge in [-0.3, -0.25) is 14.9 Å². The molecule has 0 bridgehead atoms. The highest BCUT2D eigenvalue weighted by Crippen LogP contribution is 2.28. The van der Waals surface area contributed by atoms with Gasteiger partial charge >= 0.3 is 0 Å². The number of amides is 1. The van der Waals surface area contributed by atoms with Gasteiger partial charge < -0.3 is 5.32 Å². The maximum Gasteiger partial charge on any atom is 0.284 e. The lowest BCUT2D eigenvalue weighted by molar-refractivity contribution is -0.385. The summed E-state index contributed by atoms with van der Waals surface area (Å²) in [5.74, 6) is -0.504. The Balaban J connectivity index is 2.98. The van der Waals surface area contributed by atoms with Crippen molar-refractivity contribution in [3.63, 3.8) is 0 Å². The van der Waals surface area contributed by atoms with E-state index in [0.717, 1.165) is 6.42 Å². The van der Waals surface area contributed by atoms with Gasteiger partial charge in [-0.05, 0) is 28.4 Å². The second-order valence-electron chi connectivity index (χ2n) is 3.84. The fourth-order valence-electron chi connectivity index (χ4n) is 1.53. The number of nitrogens with zero attached hydrogens (tertiary/aromatic N) is 2. The van der Waals surface area contributed by atoms with E-state index in [-0.39, 0.29) is 15.7 Å². The molecule has 0 saturated heterocycles. The minimum Gasteiger partial charge on any atom is -0.336 e. The molecule has 1 aromatic carbocycles. The van der Waals surface area contributed by atoms with Crippen LogP contribution in [-0.2, 0) is 0 Å². The Morgan fingerprint density at radius 1 is 1.63 bits per heavy atom. The summed E-state index contributed by atoms with van der Waals surface area (Å²) in [5, 5.41) is 22.2. The summed E-state index contributed by atoms with van der Waals surface area (Å²) in [5.41, 5.74) is -0.0396. The Labute approximate surface area is 118 Å². The van der Waals surface area contributed by atoms with E-state index in [4.69, 9.17) is 5.26 Å². The number of nitro groups is 1. The van der Waals surface area contributed by atoms with Crippen LogP contribution >= 0.6 is 15.9 Å². The molecule has 0 saturated carbocycles. The van der Waals surface area contributed by atoms with Gasteiger partial charge in [0.05, 0.1) is 16.6 Å². The predicted octanol–water partition coefficient (Wildman–Crippen LogP) is 2.78. The number of rotatable bonds is 5. The van der Waals surface area contributed by atoms with Crippen molar-refractivity contribution in [2.45, 2.75) is 25.8 Å². The monoisotopic (exact) mass is 325 g/mol. The van der Waals surface area contributed by atoms with Crippen LogP contribution in [0.15, 0.2) is 22.7 Å². The summed E-state index contributed by atoms with van der Waals surface area (Å²) in [4.78, 5) is 22.2. The van der Waals surface area contributed by atoms with Crippen LogP contribution in [-0.4, -0.2) is 16.9 Å². The Morgan fingerprint density at radius 3 is 2.84 bits per heavy atom. The van der Waals surface area contributed by atoms with Gasteiger partial charge in [-0.15, -0.1) is 0 Å². The van der Waals surface area contributed by atoms with Gasteiger partial charge in [0.15, 0.2) is 0 Å². The molecule has 7 heteroatoms. The number of benzene rings is 1. The van der Waals surface area contributed by atoms with Crippen molar-refractivity contribution in [3.8, 4) is 6.07 Å². The molecule has 1 amide bonds. The predicted molar refractivity (Wildman–Crippen MR) is 72.6 cm³/mol. The molecule has 100 valence electrons. The average molecular weight is 326 g/mol. The lowest BCUT2D eigenvalue weighted by Gasteiger charge is -2.11. The number of carbonyl (C=O) groups excluding carboxylic acids is 1. The van der Waals surface area contributed by atoms with Crippen molar-refractivity contribution in [2.75, 3.05) is 0 Å². The first-order valence-corrected chi connectivity index (χ1v) is 6.44. The number of nitro benzene ring substituents is 1. The molecule has 1 aromatic rings. The summed E-state index contributed by atoms with van der Waals surface area (Å²) in [7, 11) is 0. The molecule has 1 unspecified atom stereocenters. The van der Waals surface area contributed by atoms with Crippen LogP contribution in [0.25, 0.3) is 0 Å². The topological polar surface area (TPSA) is 96.0 Å². The molecule has 0 heterocycles. The molecular weight excluding hydrogens is 314 g/mol. The molecule has 6 nitrogen and oxygen atoms in total. The molecule has 1 rings (SSSR count). The Hall–Kier alpha value is -1.94. The summed E-state index contributed by atoms with van der Waals surface area (Å²) in [6, 6.07) is 5.58. The molecule has 1 atom stereocenters. The van der Waals surface area contributed by atoms with E-state index in [9.17, 15) is 14.9 Å². The fraction of sp³-hybridized carbons (Fsp3) is 0.333. The van der Waals surface area contributed by atoms with Crippen LogP contribution in [0.3, 0.4) is 0 Å². The molecule has 0 radical (unpaired) electrons. The van der Waals surface area contributed by atoms with Crippen molar-refractivity contribution in [1.82, 2.24) is 5.32 Å². The quantitative estimate of drug-likeness (QED) is 0.665. The SMILES string of the molecule is CCCC(C#N)NC(=O)c1cccc([N+](=O)[O-])c1Br. The van der Waals surface area contributed by atoms with Crippen LogP contribution in [0.5, 0.6) is 0 Å². The van der Waals surface area contributed by atoms with Crippen LogP contribution in [0.2, 0.25) is 0 Å². The van der Waals surface area contributed by atoms with E-state index in [0.29, 0.717) is 6.42 Å². The van der Waals surface area contributed by atoms with Gasteiger partial charge in [-0.25, -0.2) is 0 Å². The molecular formula is C12H12BrN3O3. The van der Waals surface area contributed by atoms with Crippen molar-refractivity contribution >= 4 is 27.5 Å². The molecule has 0 aliphatic carbocycles. The smallest absolute Gasteiger partial charge is 0.284 e. The molecule has 19 heavy (non-hydrogen) atoms. The zero-order valence-corrected chi connectivity index (χ0v) is 11.8. The summed E-state index contributed by atoms with van der Waals surface area (Å²) in [6.45, 7) is 1.90. The number of nitrogens with one attached hydrogen (secondary N) is 1. The number of hydrogen-bond donors (Lipinski definition) is 1. The zero-order valence-electron chi connectivity index (χ0n) is 10.2. The van der Waals surface area contributed by atoms with E-state index in [1.807, 2.05) is 13.0 Å². The highest BCUT2D eigenvalue weighted by molar-refractivity contribution is 9.10. The molecule has 0 fully saturated rings.